The molecule has 24 heavy (non-hydrogen) atoms. The van der Waals surface area contributed by atoms with Gasteiger partial charge >= 0.3 is 0 Å². The second kappa shape index (κ2) is 5.65. The first-order chi connectivity index (χ1) is 11.9. The molecule has 0 unspecified atom stereocenters. The number of rotatable bonds is 4. The van der Waals surface area contributed by atoms with Gasteiger partial charge in [0.2, 0.25) is 5.82 Å². The van der Waals surface area contributed by atoms with Crippen LogP contribution in [0.4, 0.5) is 0 Å². The number of nitrogens with zero attached hydrogens (tertiary/aromatic N) is 3. The average molecular weight is 351 g/mol. The zero-order valence-electron chi connectivity index (χ0n) is 12.7. The van der Waals surface area contributed by atoms with Crippen LogP contribution in [0.25, 0.3) is 34.1 Å². The lowest BCUT2D eigenvalue weighted by Gasteiger charge is -1.98. The van der Waals surface area contributed by atoms with E-state index in [1.54, 1.807) is 22.7 Å². The monoisotopic (exact) mass is 351 g/mol. The lowest BCUT2D eigenvalue weighted by molar-refractivity contribution is 0.432. The number of hydrogen-bond acceptors (Lipinski definition) is 6. The van der Waals surface area contributed by atoms with E-state index in [0.717, 1.165) is 22.4 Å². The van der Waals surface area contributed by atoms with Crippen molar-refractivity contribution in [1.82, 2.24) is 15.1 Å². The average Bonchev–Trinajstić information content (AvgIpc) is 3.07. The van der Waals surface area contributed by atoms with E-state index in [4.69, 9.17) is 9.51 Å². The summed E-state index contributed by atoms with van der Waals surface area (Å²) in [4.78, 5) is 9.23. The van der Waals surface area contributed by atoms with E-state index in [1.165, 1.54) is 17.8 Å². The third-order valence-corrected chi connectivity index (χ3v) is 5.77. The van der Waals surface area contributed by atoms with E-state index in [2.05, 4.69) is 27.7 Å². The minimum atomic E-state index is 0.559. The van der Waals surface area contributed by atoms with Crippen molar-refractivity contribution in [1.29, 1.82) is 0 Å². The molecule has 0 bridgehead atoms. The van der Waals surface area contributed by atoms with E-state index in [1.807, 2.05) is 29.0 Å². The minimum absolute atomic E-state index is 0.559. The fourth-order valence-corrected chi connectivity index (χ4v) is 4.20. The molecule has 1 fully saturated rings. The van der Waals surface area contributed by atoms with Gasteiger partial charge in [-0.25, -0.2) is 4.98 Å². The van der Waals surface area contributed by atoms with Gasteiger partial charge in [0.05, 0.1) is 16.3 Å². The summed E-state index contributed by atoms with van der Waals surface area (Å²) in [6, 6.07) is 10.2. The van der Waals surface area contributed by atoms with Crippen LogP contribution in [0.3, 0.4) is 0 Å². The van der Waals surface area contributed by atoms with Crippen LogP contribution in [0.2, 0.25) is 0 Å². The first kappa shape index (κ1) is 14.1. The van der Waals surface area contributed by atoms with E-state index in [0.29, 0.717) is 17.6 Å². The van der Waals surface area contributed by atoms with E-state index in [-0.39, 0.29) is 0 Å². The molecule has 4 nitrogen and oxygen atoms in total. The van der Waals surface area contributed by atoms with Crippen LogP contribution in [-0.4, -0.2) is 15.1 Å². The molecule has 0 radical (unpaired) electrons. The fourth-order valence-electron chi connectivity index (χ4n) is 2.57. The fraction of sp³-hybridized carbons (Fsp3) is 0.167. The molecular formula is C18H13N3OS2. The van der Waals surface area contributed by atoms with Gasteiger partial charge in [-0.15, -0.1) is 11.3 Å². The third kappa shape index (κ3) is 2.57. The molecule has 1 aliphatic carbocycles. The normalized spacial score (nSPS) is 14.2. The van der Waals surface area contributed by atoms with Gasteiger partial charge in [0, 0.05) is 27.8 Å². The highest BCUT2D eigenvalue weighted by atomic mass is 32.1. The summed E-state index contributed by atoms with van der Waals surface area (Å²) in [6.45, 7) is 0. The lowest BCUT2D eigenvalue weighted by Crippen LogP contribution is -1.83. The molecule has 0 aliphatic heterocycles. The summed E-state index contributed by atoms with van der Waals surface area (Å²) in [6.07, 6.45) is 2.58. The van der Waals surface area contributed by atoms with E-state index >= 15 is 0 Å². The van der Waals surface area contributed by atoms with Gasteiger partial charge in [-0.2, -0.15) is 16.3 Å². The van der Waals surface area contributed by atoms with Crippen molar-refractivity contribution in [2.24, 2.45) is 0 Å². The Kier molecular flexibility index (Phi) is 3.31. The molecule has 118 valence electrons. The van der Waals surface area contributed by atoms with Crippen LogP contribution in [0.1, 0.15) is 23.8 Å². The highest BCUT2D eigenvalue weighted by Crippen LogP contribution is 2.42. The number of thiazole rings is 1. The van der Waals surface area contributed by atoms with Crippen LogP contribution in [0.5, 0.6) is 0 Å². The summed E-state index contributed by atoms with van der Waals surface area (Å²) in [7, 11) is 0. The van der Waals surface area contributed by atoms with Crippen molar-refractivity contribution in [3.63, 3.8) is 0 Å². The second-order valence-electron chi connectivity index (χ2n) is 5.86. The smallest absolute Gasteiger partial charge is 0.259 e. The van der Waals surface area contributed by atoms with Gasteiger partial charge in [0.1, 0.15) is 0 Å². The Labute approximate surface area is 146 Å². The van der Waals surface area contributed by atoms with Gasteiger partial charge in [-0.1, -0.05) is 29.4 Å². The van der Waals surface area contributed by atoms with Crippen molar-refractivity contribution in [3.05, 3.63) is 51.5 Å². The van der Waals surface area contributed by atoms with Crippen molar-refractivity contribution < 1.29 is 4.52 Å². The molecule has 3 heterocycles. The highest BCUT2D eigenvalue weighted by molar-refractivity contribution is 7.10. The number of hydrogen-bond donors (Lipinski definition) is 0. The Morgan fingerprint density at radius 2 is 1.75 bits per heavy atom. The summed E-state index contributed by atoms with van der Waals surface area (Å²) in [5, 5.41) is 11.5. The van der Waals surface area contributed by atoms with Crippen LogP contribution < -0.4 is 0 Å². The zero-order chi connectivity index (χ0) is 15.9. The molecule has 1 aromatic carbocycles. The summed E-state index contributed by atoms with van der Waals surface area (Å²) >= 11 is 3.38. The van der Waals surface area contributed by atoms with Crippen molar-refractivity contribution in [2.45, 2.75) is 18.8 Å². The maximum absolute atomic E-state index is 5.35. The largest absolute Gasteiger partial charge is 0.334 e. The van der Waals surface area contributed by atoms with Crippen LogP contribution in [0.15, 0.2) is 51.0 Å². The lowest BCUT2D eigenvalue weighted by atomic mass is 10.1. The number of benzene rings is 1. The molecule has 0 atom stereocenters. The molecule has 0 saturated heterocycles. The number of aromatic nitrogens is 3. The first-order valence-electron chi connectivity index (χ1n) is 7.79. The summed E-state index contributed by atoms with van der Waals surface area (Å²) in [5.74, 6) is 1.88. The SMILES string of the molecule is c1cc(-c2nc(-c3ccc(-c4csc(C5CC5)n4)cc3)no2)cs1. The molecule has 3 aromatic heterocycles. The van der Waals surface area contributed by atoms with Crippen LogP contribution in [0, 0.1) is 0 Å². The maximum Gasteiger partial charge on any atom is 0.259 e. The van der Waals surface area contributed by atoms with Crippen LogP contribution in [-0.2, 0) is 0 Å². The van der Waals surface area contributed by atoms with E-state index < -0.39 is 0 Å². The van der Waals surface area contributed by atoms with Gasteiger partial charge < -0.3 is 4.52 Å². The quantitative estimate of drug-likeness (QED) is 0.489. The Morgan fingerprint density at radius 1 is 0.917 bits per heavy atom. The molecule has 0 spiro atoms. The molecule has 0 amide bonds. The number of thiophene rings is 1. The standard InChI is InChI=1S/C18H13N3OS2/c1-3-12(16-20-17(22-21-16)14-7-8-23-9-14)4-2-11(1)15-10-24-18(19-15)13-5-6-13/h1-4,7-10,13H,5-6H2. The second-order valence-corrected chi connectivity index (χ2v) is 7.53. The zero-order valence-corrected chi connectivity index (χ0v) is 14.3. The third-order valence-electron chi connectivity index (χ3n) is 4.08. The van der Waals surface area contributed by atoms with E-state index in [9.17, 15) is 0 Å². The molecule has 1 saturated carbocycles. The molecule has 4 aromatic rings. The molecule has 1 aliphatic rings. The Bertz CT molecular complexity index is 966. The summed E-state index contributed by atoms with van der Waals surface area (Å²) < 4.78 is 5.35. The van der Waals surface area contributed by atoms with Crippen molar-refractivity contribution in [3.8, 4) is 34.1 Å². The predicted molar refractivity (Wildman–Crippen MR) is 96.1 cm³/mol. The van der Waals surface area contributed by atoms with Gasteiger partial charge in [0.25, 0.3) is 5.89 Å². The van der Waals surface area contributed by atoms with Gasteiger partial charge in [0.15, 0.2) is 0 Å². The highest BCUT2D eigenvalue weighted by Gasteiger charge is 2.26. The Hall–Kier alpha value is -2.31. The van der Waals surface area contributed by atoms with Gasteiger partial charge in [-0.3, -0.25) is 0 Å². The predicted octanol–water partition coefficient (Wildman–Crippen LogP) is 5.47. The first-order valence-corrected chi connectivity index (χ1v) is 9.61. The molecular weight excluding hydrogens is 338 g/mol. The van der Waals surface area contributed by atoms with Crippen molar-refractivity contribution in [2.75, 3.05) is 0 Å². The Morgan fingerprint density at radius 3 is 2.50 bits per heavy atom. The minimum Gasteiger partial charge on any atom is -0.334 e. The molecule has 0 N–H and O–H groups in total. The van der Waals surface area contributed by atoms with Crippen LogP contribution >= 0.6 is 22.7 Å². The summed E-state index contributed by atoms with van der Waals surface area (Å²) in [5.41, 5.74) is 4.09. The maximum atomic E-state index is 5.35. The topological polar surface area (TPSA) is 51.8 Å². The van der Waals surface area contributed by atoms with Gasteiger partial charge in [-0.05, 0) is 24.3 Å². The molecule has 5 rings (SSSR count). The molecule has 6 heteroatoms. The van der Waals surface area contributed by atoms with Crippen molar-refractivity contribution >= 4 is 22.7 Å². The Balaban J connectivity index is 1.41.